The van der Waals surface area contributed by atoms with Crippen molar-refractivity contribution in [3.8, 4) is 5.75 Å². The fourth-order valence-corrected chi connectivity index (χ4v) is 4.75. The predicted octanol–water partition coefficient (Wildman–Crippen LogP) is 5.95. The minimum Gasteiger partial charge on any atom is -0.488 e. The summed E-state index contributed by atoms with van der Waals surface area (Å²) in [6.45, 7) is 8.50. The van der Waals surface area contributed by atoms with Crippen LogP contribution in [0.5, 0.6) is 5.75 Å². The van der Waals surface area contributed by atoms with Crippen LogP contribution in [0.4, 0.5) is 0 Å². The first-order valence-electron chi connectivity index (χ1n) is 12.2. The van der Waals surface area contributed by atoms with Gasteiger partial charge in [0.2, 0.25) is 0 Å². The summed E-state index contributed by atoms with van der Waals surface area (Å²) in [5.41, 5.74) is 0. The molecule has 3 aromatic rings. The molecule has 0 amide bonds. The van der Waals surface area contributed by atoms with Crippen LogP contribution in [-0.4, -0.2) is 44.9 Å². The molecule has 2 atom stereocenters. The molecule has 0 bridgehead atoms. The number of hydrogen-bond donors (Lipinski definition) is 1. The van der Waals surface area contributed by atoms with Crippen LogP contribution in [0.25, 0.3) is 21.5 Å². The molecule has 8 heteroatoms. The summed E-state index contributed by atoms with van der Waals surface area (Å²) >= 11 is 0. The number of carbonyl (C=O) groups excluding carboxylic acids is 1. The van der Waals surface area contributed by atoms with Gasteiger partial charge in [0.25, 0.3) is 10.1 Å². The zero-order valence-electron chi connectivity index (χ0n) is 20.8. The van der Waals surface area contributed by atoms with Crippen molar-refractivity contribution in [1.82, 2.24) is 0 Å². The fourth-order valence-electron chi connectivity index (χ4n) is 4.25. The molecule has 0 saturated carbocycles. The van der Waals surface area contributed by atoms with Crippen LogP contribution in [-0.2, 0) is 24.4 Å². The molecule has 0 heterocycles. The molecule has 36 heavy (non-hydrogen) atoms. The highest BCUT2D eigenvalue weighted by atomic mass is 32.2. The predicted molar refractivity (Wildman–Crippen MR) is 141 cm³/mol. The lowest BCUT2D eigenvalue weighted by atomic mass is 9.98. The standard InChI is InChI=1S/C28H34O7S/c1-4-9-20(5-2)14-15-33-18-23(35-27(29)6-3)19-34-28-25-11-8-7-10-21(25)16-22-12-13-24(17-26(22)28)36(30,31)32/h6-8,10-13,16-17,20,23H,3-5,9,14-15,18-19H2,1-2H3,(H,30,31,32). The number of fused-ring (bicyclic) bond motifs is 2. The van der Waals surface area contributed by atoms with Crippen molar-refractivity contribution in [2.45, 2.75) is 50.5 Å². The van der Waals surface area contributed by atoms with Gasteiger partial charge in [0.05, 0.1) is 11.5 Å². The summed E-state index contributed by atoms with van der Waals surface area (Å²) in [6, 6.07) is 13.8. The summed E-state index contributed by atoms with van der Waals surface area (Å²) in [5.74, 6) is 0.447. The molecule has 0 aliphatic carbocycles. The van der Waals surface area contributed by atoms with E-state index in [1.165, 1.54) is 12.1 Å². The highest BCUT2D eigenvalue weighted by Crippen LogP contribution is 2.36. The van der Waals surface area contributed by atoms with Crippen molar-refractivity contribution in [3.63, 3.8) is 0 Å². The van der Waals surface area contributed by atoms with E-state index in [1.807, 2.05) is 30.3 Å². The molecule has 0 saturated heterocycles. The molecule has 0 fully saturated rings. The fraction of sp³-hybridized carbons (Fsp3) is 0.393. The number of rotatable bonds is 14. The molecule has 0 spiro atoms. The van der Waals surface area contributed by atoms with Gasteiger partial charge in [-0.2, -0.15) is 8.42 Å². The molecule has 3 rings (SSSR count). The smallest absolute Gasteiger partial charge is 0.330 e. The lowest BCUT2D eigenvalue weighted by molar-refractivity contribution is -0.148. The van der Waals surface area contributed by atoms with E-state index < -0.39 is 22.2 Å². The van der Waals surface area contributed by atoms with Crippen LogP contribution >= 0.6 is 0 Å². The van der Waals surface area contributed by atoms with Gasteiger partial charge in [0, 0.05) is 23.5 Å². The summed E-state index contributed by atoms with van der Waals surface area (Å²) in [4.78, 5) is 11.7. The summed E-state index contributed by atoms with van der Waals surface area (Å²) < 4.78 is 50.6. The van der Waals surface area contributed by atoms with Gasteiger partial charge in [-0.1, -0.05) is 70.0 Å². The normalized spacial score (nSPS) is 13.4. The maximum atomic E-state index is 11.9. The first-order valence-corrected chi connectivity index (χ1v) is 13.7. The van der Waals surface area contributed by atoms with Crippen molar-refractivity contribution >= 4 is 37.6 Å². The molecule has 3 aromatic carbocycles. The Morgan fingerprint density at radius 3 is 2.47 bits per heavy atom. The Hall–Kier alpha value is -2.94. The van der Waals surface area contributed by atoms with E-state index in [-0.39, 0.29) is 18.1 Å². The average Bonchev–Trinajstić information content (AvgIpc) is 2.86. The Bertz CT molecular complexity index is 1300. The second-order valence-corrected chi connectivity index (χ2v) is 10.2. The van der Waals surface area contributed by atoms with Crippen LogP contribution < -0.4 is 4.74 Å². The minimum absolute atomic E-state index is 0.00897. The van der Waals surface area contributed by atoms with E-state index in [0.717, 1.165) is 47.9 Å². The van der Waals surface area contributed by atoms with E-state index in [2.05, 4.69) is 20.4 Å². The molecule has 1 N–H and O–H groups in total. The van der Waals surface area contributed by atoms with Crippen LogP contribution in [0, 0.1) is 5.92 Å². The lowest BCUT2D eigenvalue weighted by Gasteiger charge is -2.21. The maximum absolute atomic E-state index is 11.9. The quantitative estimate of drug-likeness (QED) is 0.0933. The Kier molecular flexibility index (Phi) is 9.87. The number of esters is 1. The molecular weight excluding hydrogens is 480 g/mol. The average molecular weight is 515 g/mol. The Labute approximate surface area is 212 Å². The maximum Gasteiger partial charge on any atom is 0.330 e. The highest BCUT2D eigenvalue weighted by molar-refractivity contribution is 7.85. The van der Waals surface area contributed by atoms with Crippen LogP contribution in [0.15, 0.2) is 66.1 Å². The third-order valence-electron chi connectivity index (χ3n) is 6.20. The molecule has 7 nitrogen and oxygen atoms in total. The Morgan fingerprint density at radius 1 is 1.03 bits per heavy atom. The summed E-state index contributed by atoms with van der Waals surface area (Å²) in [6.07, 6.45) is 4.70. The molecule has 0 aliphatic rings. The number of carbonyl (C=O) groups is 1. The zero-order valence-corrected chi connectivity index (χ0v) is 21.6. The Morgan fingerprint density at radius 2 is 1.78 bits per heavy atom. The lowest BCUT2D eigenvalue weighted by Crippen LogP contribution is -2.29. The van der Waals surface area contributed by atoms with Crippen molar-refractivity contribution in [1.29, 1.82) is 0 Å². The third kappa shape index (κ3) is 7.29. The first-order chi connectivity index (χ1) is 17.3. The van der Waals surface area contributed by atoms with Gasteiger partial charge < -0.3 is 14.2 Å². The van der Waals surface area contributed by atoms with Crippen LogP contribution in [0.3, 0.4) is 0 Å². The molecule has 0 aliphatic heterocycles. The third-order valence-corrected chi connectivity index (χ3v) is 7.04. The van der Waals surface area contributed by atoms with Gasteiger partial charge in [-0.15, -0.1) is 0 Å². The number of hydrogen-bond acceptors (Lipinski definition) is 6. The largest absolute Gasteiger partial charge is 0.488 e. The topological polar surface area (TPSA) is 99.1 Å². The summed E-state index contributed by atoms with van der Waals surface area (Å²) in [7, 11) is -4.40. The van der Waals surface area contributed by atoms with Gasteiger partial charge in [-0.05, 0) is 41.3 Å². The van der Waals surface area contributed by atoms with E-state index in [9.17, 15) is 17.8 Å². The van der Waals surface area contributed by atoms with Gasteiger partial charge in [-0.3, -0.25) is 4.55 Å². The second kappa shape index (κ2) is 12.9. The zero-order chi connectivity index (χ0) is 26.1. The van der Waals surface area contributed by atoms with Gasteiger partial charge in [-0.25, -0.2) is 4.79 Å². The monoisotopic (exact) mass is 514 g/mol. The second-order valence-electron chi connectivity index (χ2n) is 8.79. The minimum atomic E-state index is -4.40. The van der Waals surface area contributed by atoms with Crippen LogP contribution in [0.2, 0.25) is 0 Å². The highest BCUT2D eigenvalue weighted by Gasteiger charge is 2.19. The van der Waals surface area contributed by atoms with Gasteiger partial charge in [0.1, 0.15) is 12.4 Å². The van der Waals surface area contributed by atoms with E-state index in [4.69, 9.17) is 14.2 Å². The van der Waals surface area contributed by atoms with Crippen molar-refractivity contribution in [3.05, 3.63) is 61.2 Å². The van der Waals surface area contributed by atoms with Crippen molar-refractivity contribution in [2.24, 2.45) is 5.92 Å². The van der Waals surface area contributed by atoms with Crippen LogP contribution in [0.1, 0.15) is 39.5 Å². The molecular formula is C28H34O7S. The van der Waals surface area contributed by atoms with E-state index in [0.29, 0.717) is 23.7 Å². The Balaban J connectivity index is 1.85. The van der Waals surface area contributed by atoms with Crippen molar-refractivity contribution < 1.29 is 32.0 Å². The van der Waals surface area contributed by atoms with E-state index >= 15 is 0 Å². The molecule has 0 radical (unpaired) electrons. The van der Waals surface area contributed by atoms with Crippen molar-refractivity contribution in [2.75, 3.05) is 19.8 Å². The number of ether oxygens (including phenoxy) is 3. The molecule has 194 valence electrons. The number of benzene rings is 3. The SMILES string of the molecule is C=CC(=O)OC(COCCC(CC)CCC)COc1c2ccccc2cc2ccc(S(=O)(=O)O)cc12. The first kappa shape index (κ1) is 27.6. The van der Waals surface area contributed by atoms with Gasteiger partial charge >= 0.3 is 5.97 Å². The molecule has 2 unspecified atom stereocenters. The van der Waals surface area contributed by atoms with E-state index in [1.54, 1.807) is 6.07 Å². The van der Waals surface area contributed by atoms with Gasteiger partial charge in [0.15, 0.2) is 6.10 Å². The molecule has 0 aromatic heterocycles. The summed E-state index contributed by atoms with van der Waals surface area (Å²) in [5, 5.41) is 2.92.